The molecule has 3 aromatic rings. The summed E-state index contributed by atoms with van der Waals surface area (Å²) < 4.78 is 11.2. The highest BCUT2D eigenvalue weighted by Crippen LogP contribution is 2.23. The van der Waals surface area contributed by atoms with Crippen molar-refractivity contribution in [2.75, 3.05) is 0 Å². The van der Waals surface area contributed by atoms with Gasteiger partial charge >= 0.3 is 11.9 Å². The normalized spacial score (nSPS) is 10.8. The van der Waals surface area contributed by atoms with Gasteiger partial charge in [-0.2, -0.15) is 0 Å². The minimum absolute atomic E-state index is 0.254. The Kier molecular flexibility index (Phi) is 7.92. The van der Waals surface area contributed by atoms with Crippen molar-refractivity contribution in [2.45, 2.75) is 6.92 Å². The number of allylic oxidation sites excluding steroid dienone is 4. The molecule has 0 saturated carbocycles. The summed E-state index contributed by atoms with van der Waals surface area (Å²) in [6, 6.07) is 19.2. The van der Waals surface area contributed by atoms with Gasteiger partial charge in [-0.1, -0.05) is 86.0 Å². The fraction of sp³-hybridized carbons (Fsp3) is 0.0345. The lowest BCUT2D eigenvalue weighted by Gasteiger charge is -2.11. The molecular formula is C29H24O4. The second kappa shape index (κ2) is 11.3. The number of ether oxygens (including phenoxy) is 2. The first-order chi connectivity index (χ1) is 16.0. The number of hydrogen-bond acceptors (Lipinski definition) is 4. The molecule has 0 aliphatic carbocycles. The van der Waals surface area contributed by atoms with Crippen LogP contribution in [0.5, 0.6) is 11.5 Å². The summed E-state index contributed by atoms with van der Waals surface area (Å²) >= 11 is 0. The predicted octanol–water partition coefficient (Wildman–Crippen LogP) is 6.83. The molecule has 3 aromatic carbocycles. The SMILES string of the molecule is C=C/C=C/c1ccccc1OC(=O)c1cc(C)cc(C(=O)Oc2ccccc2/C=C/C=C)c1. The van der Waals surface area contributed by atoms with E-state index in [1.807, 2.05) is 24.3 Å². The number of rotatable bonds is 8. The topological polar surface area (TPSA) is 52.6 Å². The summed E-state index contributed by atoms with van der Waals surface area (Å²) in [5.74, 6) is -0.314. The Morgan fingerprint density at radius 1 is 0.697 bits per heavy atom. The van der Waals surface area contributed by atoms with Gasteiger partial charge in [-0.3, -0.25) is 0 Å². The molecule has 0 heterocycles. The zero-order valence-electron chi connectivity index (χ0n) is 18.4. The number of para-hydroxylation sites is 2. The number of benzene rings is 3. The molecule has 0 unspecified atom stereocenters. The van der Waals surface area contributed by atoms with E-state index in [1.165, 1.54) is 6.07 Å². The molecule has 33 heavy (non-hydrogen) atoms. The molecule has 4 heteroatoms. The molecule has 3 rings (SSSR count). The highest BCUT2D eigenvalue weighted by molar-refractivity contribution is 5.97. The van der Waals surface area contributed by atoms with Crippen molar-refractivity contribution in [2.24, 2.45) is 0 Å². The highest BCUT2D eigenvalue weighted by atomic mass is 16.5. The van der Waals surface area contributed by atoms with Crippen molar-refractivity contribution in [3.05, 3.63) is 132 Å². The van der Waals surface area contributed by atoms with Crippen molar-refractivity contribution in [1.82, 2.24) is 0 Å². The maximum Gasteiger partial charge on any atom is 0.343 e. The van der Waals surface area contributed by atoms with Crippen LogP contribution in [0.1, 0.15) is 37.4 Å². The first-order valence-electron chi connectivity index (χ1n) is 10.3. The molecule has 0 fully saturated rings. The number of carbonyl (C=O) groups is 2. The van der Waals surface area contributed by atoms with Crippen LogP contribution in [0.3, 0.4) is 0 Å². The zero-order chi connectivity index (χ0) is 23.6. The molecule has 0 aliphatic heterocycles. The quantitative estimate of drug-likeness (QED) is 0.221. The third-order valence-electron chi connectivity index (χ3n) is 4.62. The number of esters is 2. The molecule has 164 valence electrons. The van der Waals surface area contributed by atoms with Crippen molar-refractivity contribution < 1.29 is 19.1 Å². The van der Waals surface area contributed by atoms with E-state index in [0.29, 0.717) is 11.5 Å². The van der Waals surface area contributed by atoms with E-state index in [9.17, 15) is 9.59 Å². The van der Waals surface area contributed by atoms with Crippen molar-refractivity contribution >= 4 is 24.1 Å². The van der Waals surface area contributed by atoms with Gasteiger partial charge in [-0.05, 0) is 42.8 Å². The number of carbonyl (C=O) groups excluding carboxylic acids is 2. The summed E-state index contributed by atoms with van der Waals surface area (Å²) in [5, 5.41) is 0. The zero-order valence-corrected chi connectivity index (χ0v) is 18.4. The third-order valence-corrected chi connectivity index (χ3v) is 4.62. The van der Waals surface area contributed by atoms with Gasteiger partial charge in [0.1, 0.15) is 11.5 Å². The molecule has 0 aliphatic rings. The maximum atomic E-state index is 12.9. The Bertz CT molecular complexity index is 1150. The van der Waals surface area contributed by atoms with Gasteiger partial charge in [0, 0.05) is 11.1 Å². The second-order valence-electron chi connectivity index (χ2n) is 7.13. The van der Waals surface area contributed by atoms with Crippen LogP contribution in [-0.4, -0.2) is 11.9 Å². The molecule has 0 atom stereocenters. The van der Waals surface area contributed by atoms with E-state index < -0.39 is 11.9 Å². The van der Waals surface area contributed by atoms with Crippen LogP contribution in [0.2, 0.25) is 0 Å². The smallest absolute Gasteiger partial charge is 0.343 e. The molecule has 0 saturated heterocycles. The average molecular weight is 437 g/mol. The molecule has 0 bridgehead atoms. The summed E-state index contributed by atoms with van der Waals surface area (Å²) in [5.41, 5.74) is 2.72. The molecule has 0 N–H and O–H groups in total. The Balaban J connectivity index is 1.84. The third kappa shape index (κ3) is 6.28. The largest absolute Gasteiger partial charge is 0.422 e. The van der Waals surface area contributed by atoms with Gasteiger partial charge < -0.3 is 9.47 Å². The summed E-state index contributed by atoms with van der Waals surface area (Å²) in [6.07, 6.45) is 10.4. The van der Waals surface area contributed by atoms with Gasteiger partial charge in [0.05, 0.1) is 11.1 Å². The number of aryl methyl sites for hydroxylation is 1. The van der Waals surface area contributed by atoms with Crippen LogP contribution in [0.4, 0.5) is 0 Å². The fourth-order valence-corrected chi connectivity index (χ4v) is 3.10. The van der Waals surface area contributed by atoms with Crippen molar-refractivity contribution in [1.29, 1.82) is 0 Å². The minimum Gasteiger partial charge on any atom is -0.422 e. The molecule has 4 nitrogen and oxygen atoms in total. The Hall–Kier alpha value is -4.44. The van der Waals surface area contributed by atoms with E-state index in [2.05, 4.69) is 13.2 Å². The fourth-order valence-electron chi connectivity index (χ4n) is 3.10. The Morgan fingerprint density at radius 3 is 1.55 bits per heavy atom. The number of hydrogen-bond donors (Lipinski definition) is 0. The van der Waals surface area contributed by atoms with Crippen molar-refractivity contribution in [3.63, 3.8) is 0 Å². The lowest BCUT2D eigenvalue weighted by Crippen LogP contribution is -2.14. The first kappa shape index (κ1) is 23.2. The highest BCUT2D eigenvalue weighted by Gasteiger charge is 2.17. The van der Waals surface area contributed by atoms with E-state index in [0.717, 1.165) is 16.7 Å². The van der Waals surface area contributed by atoms with Gasteiger partial charge in [0.15, 0.2) is 0 Å². The van der Waals surface area contributed by atoms with Gasteiger partial charge in [0.25, 0.3) is 0 Å². The Morgan fingerprint density at radius 2 is 1.12 bits per heavy atom. The van der Waals surface area contributed by atoms with Gasteiger partial charge in [-0.25, -0.2) is 9.59 Å². The molecular weight excluding hydrogens is 412 g/mol. The van der Waals surface area contributed by atoms with E-state index in [-0.39, 0.29) is 11.1 Å². The maximum absolute atomic E-state index is 12.9. The first-order valence-corrected chi connectivity index (χ1v) is 10.3. The van der Waals surface area contributed by atoms with Gasteiger partial charge in [-0.15, -0.1) is 0 Å². The van der Waals surface area contributed by atoms with E-state index >= 15 is 0 Å². The molecule has 0 aromatic heterocycles. The van der Waals surface area contributed by atoms with Crippen LogP contribution in [0.25, 0.3) is 12.2 Å². The summed E-state index contributed by atoms with van der Waals surface area (Å²) in [7, 11) is 0. The van der Waals surface area contributed by atoms with Crippen LogP contribution in [0.15, 0.2) is 104 Å². The molecule has 0 amide bonds. The van der Waals surface area contributed by atoms with Gasteiger partial charge in [0.2, 0.25) is 0 Å². The van der Waals surface area contributed by atoms with Crippen LogP contribution in [-0.2, 0) is 0 Å². The van der Waals surface area contributed by atoms with Crippen LogP contribution in [0, 0.1) is 6.92 Å². The summed E-state index contributed by atoms with van der Waals surface area (Å²) in [4.78, 5) is 25.7. The summed E-state index contributed by atoms with van der Waals surface area (Å²) in [6.45, 7) is 9.11. The Labute approximate surface area is 193 Å². The standard InChI is InChI=1S/C29H24O4/c1-4-6-12-22-14-8-10-16-26(22)32-28(30)24-18-21(3)19-25(20-24)29(31)33-27-17-11-9-15-23(27)13-7-5-2/h4-20H,1-2H2,3H3/b12-6+,13-7+. The van der Waals surface area contributed by atoms with E-state index in [4.69, 9.17) is 9.47 Å². The van der Waals surface area contributed by atoms with Crippen LogP contribution < -0.4 is 9.47 Å². The lowest BCUT2D eigenvalue weighted by atomic mass is 10.1. The molecule has 0 radical (unpaired) electrons. The van der Waals surface area contributed by atoms with Crippen LogP contribution >= 0.6 is 0 Å². The average Bonchev–Trinajstić information content (AvgIpc) is 2.82. The predicted molar refractivity (Wildman–Crippen MR) is 132 cm³/mol. The lowest BCUT2D eigenvalue weighted by molar-refractivity contribution is 0.0734. The monoisotopic (exact) mass is 436 g/mol. The second-order valence-corrected chi connectivity index (χ2v) is 7.13. The van der Waals surface area contributed by atoms with Crippen molar-refractivity contribution in [3.8, 4) is 11.5 Å². The molecule has 0 spiro atoms. The van der Waals surface area contributed by atoms with E-state index in [1.54, 1.807) is 79.8 Å². The minimum atomic E-state index is -0.568.